The van der Waals surface area contributed by atoms with Crippen LogP contribution in [0.4, 0.5) is 15.9 Å². The molecule has 14 heteroatoms. The Morgan fingerprint density at radius 2 is 1.79 bits per heavy atom. The zero-order chi connectivity index (χ0) is 28.0. The van der Waals surface area contributed by atoms with Crippen molar-refractivity contribution in [2.45, 2.75) is 30.7 Å². The average Bonchev–Trinajstić information content (AvgIpc) is 3.67. The zero-order valence-corrected chi connectivity index (χ0v) is 23.5. The molecule has 0 unspecified atom stereocenters. The molecule has 1 amide bonds. The fraction of sp³-hybridized carbons (Fsp3) is 0.200. The van der Waals surface area contributed by atoms with Crippen LogP contribution in [-0.4, -0.2) is 28.7 Å². The van der Waals surface area contributed by atoms with Gasteiger partial charge in [-0.3, -0.25) is 37.2 Å². The molecule has 0 radical (unpaired) electrons. The van der Waals surface area contributed by atoms with Crippen LogP contribution >= 0.6 is 33.4 Å². The largest absolute Gasteiger partial charge is 0.338 e. The Bertz CT molecular complexity index is 1950. The smallest absolute Gasteiger partial charge is 0.336 e. The van der Waals surface area contributed by atoms with Gasteiger partial charge in [0.1, 0.15) is 17.0 Å². The van der Waals surface area contributed by atoms with Gasteiger partial charge < -0.3 is 5.32 Å². The van der Waals surface area contributed by atoms with Gasteiger partial charge in [-0.05, 0) is 78.8 Å². The molecule has 4 N–H and O–H groups in total. The van der Waals surface area contributed by atoms with Crippen LogP contribution in [0.1, 0.15) is 34.8 Å². The van der Waals surface area contributed by atoms with Crippen LogP contribution in [0.15, 0.2) is 55.7 Å². The maximum absolute atomic E-state index is 14.8. The Balaban J connectivity index is 1.74. The van der Waals surface area contributed by atoms with Gasteiger partial charge in [-0.2, -0.15) is 0 Å². The highest BCUT2D eigenvalue weighted by Gasteiger charge is 2.35. The number of nitrogens with zero attached hydrogens (tertiary/aromatic N) is 3. The van der Waals surface area contributed by atoms with Crippen molar-refractivity contribution in [1.29, 1.82) is 0 Å². The van der Waals surface area contributed by atoms with Crippen molar-refractivity contribution in [2.24, 2.45) is 7.05 Å². The molecule has 0 atom stereocenters. The number of carbonyl (C=O) groups excluding carboxylic acids is 1. The van der Waals surface area contributed by atoms with Crippen molar-refractivity contribution < 1.29 is 18.3 Å². The lowest BCUT2D eigenvalue weighted by atomic mass is 10.1. The van der Waals surface area contributed by atoms with Crippen LogP contribution in [0.2, 0.25) is 0 Å². The molecule has 4 aromatic rings. The van der Waals surface area contributed by atoms with Gasteiger partial charge in [-0.1, -0.05) is 10.8 Å². The standard InChI is InChI=1S/C25H21FIN5O6S/c1-11-20-19(21(30(2)23(11)34)28-17-8-3-12(27)9-16(17)26)24(35)32(13-4-5-13)25(36)31(20)14-6-7-15-18(10-14)39(37,38)29-22(15)33/h3,6-10,13,28,37-38H,4-5H2,1-2H3,(H,29,33). The first-order valence-corrected chi connectivity index (χ1v) is 14.4. The molecule has 1 fully saturated rings. The van der Waals surface area contributed by atoms with E-state index in [4.69, 9.17) is 0 Å². The van der Waals surface area contributed by atoms with Gasteiger partial charge in [-0.15, -0.1) is 0 Å². The topological polar surface area (TPSA) is 148 Å². The fourth-order valence-corrected chi connectivity index (χ4v) is 6.57. The molecular weight excluding hydrogens is 644 g/mol. The van der Waals surface area contributed by atoms with Crippen LogP contribution in [0.3, 0.4) is 0 Å². The number of rotatable bonds is 4. The monoisotopic (exact) mass is 665 g/mol. The summed E-state index contributed by atoms with van der Waals surface area (Å²) in [6.07, 6.45) is 1.20. The van der Waals surface area contributed by atoms with E-state index in [1.54, 1.807) is 6.07 Å². The molecule has 2 aromatic carbocycles. The van der Waals surface area contributed by atoms with E-state index in [2.05, 4.69) is 10.0 Å². The summed E-state index contributed by atoms with van der Waals surface area (Å²) in [6, 6.07) is 8.16. The Kier molecular flexibility index (Phi) is 5.80. The van der Waals surface area contributed by atoms with Gasteiger partial charge in [0.15, 0.2) is 0 Å². The third-order valence-corrected chi connectivity index (χ3v) is 9.04. The van der Waals surface area contributed by atoms with E-state index >= 15 is 0 Å². The maximum Gasteiger partial charge on any atom is 0.336 e. The molecule has 2 aliphatic rings. The zero-order valence-electron chi connectivity index (χ0n) is 20.5. The lowest BCUT2D eigenvalue weighted by Crippen LogP contribution is -2.41. The van der Waals surface area contributed by atoms with Gasteiger partial charge in [0.25, 0.3) is 17.0 Å². The molecule has 0 saturated heterocycles. The number of hydrogen-bond donors (Lipinski definition) is 4. The lowest BCUT2D eigenvalue weighted by Gasteiger charge is -2.27. The SMILES string of the molecule is Cc1c(=O)n(C)c(Nc2ccc(I)cc2F)c2c(=O)n(C3CC3)c(=O)n(-c3ccc4c(c3)S(O)(O)NC4=O)c12. The average molecular weight is 665 g/mol. The Morgan fingerprint density at radius 1 is 1.08 bits per heavy atom. The highest BCUT2D eigenvalue weighted by molar-refractivity contribution is 14.1. The maximum atomic E-state index is 14.8. The third kappa shape index (κ3) is 3.92. The molecule has 39 heavy (non-hydrogen) atoms. The molecule has 2 aromatic heterocycles. The molecule has 0 bridgehead atoms. The van der Waals surface area contributed by atoms with Crippen molar-refractivity contribution in [2.75, 3.05) is 5.32 Å². The van der Waals surface area contributed by atoms with Crippen molar-refractivity contribution in [3.63, 3.8) is 0 Å². The first-order chi connectivity index (χ1) is 18.4. The molecule has 6 rings (SSSR count). The highest BCUT2D eigenvalue weighted by atomic mass is 127. The van der Waals surface area contributed by atoms with E-state index in [9.17, 15) is 32.7 Å². The van der Waals surface area contributed by atoms with Crippen LogP contribution < -0.4 is 26.8 Å². The van der Waals surface area contributed by atoms with E-state index < -0.39 is 39.3 Å². The number of carbonyl (C=O) groups is 1. The summed E-state index contributed by atoms with van der Waals surface area (Å²) in [5.41, 5.74) is -1.62. The number of benzene rings is 2. The second-order valence-electron chi connectivity index (χ2n) is 9.50. The van der Waals surface area contributed by atoms with Gasteiger partial charge >= 0.3 is 5.69 Å². The van der Waals surface area contributed by atoms with E-state index in [1.165, 1.54) is 53.4 Å². The quantitative estimate of drug-likeness (QED) is 0.243. The molecule has 1 saturated carbocycles. The summed E-state index contributed by atoms with van der Waals surface area (Å²) >= 11 is 1.96. The van der Waals surface area contributed by atoms with E-state index in [1.807, 2.05) is 22.6 Å². The van der Waals surface area contributed by atoms with Crippen molar-refractivity contribution in [3.8, 4) is 5.69 Å². The molecule has 0 spiro atoms. The summed E-state index contributed by atoms with van der Waals surface area (Å²) in [6.45, 7) is 1.48. The number of pyridine rings is 1. The molecular formula is C25H21FIN5O6S. The summed E-state index contributed by atoms with van der Waals surface area (Å²) in [5.74, 6) is -1.27. The second-order valence-corrected chi connectivity index (χ2v) is 12.5. The van der Waals surface area contributed by atoms with E-state index in [0.29, 0.717) is 16.4 Å². The first kappa shape index (κ1) is 25.8. The minimum Gasteiger partial charge on any atom is -0.338 e. The number of aromatic nitrogens is 3. The number of aryl methyl sites for hydroxylation is 1. The van der Waals surface area contributed by atoms with E-state index in [-0.39, 0.29) is 50.2 Å². The Hall–Kier alpha value is -3.47. The molecule has 202 valence electrons. The number of nitrogens with one attached hydrogen (secondary N) is 2. The predicted molar refractivity (Wildman–Crippen MR) is 153 cm³/mol. The van der Waals surface area contributed by atoms with E-state index in [0.717, 1.165) is 4.57 Å². The van der Waals surface area contributed by atoms with Gasteiger partial charge in [-0.25, -0.2) is 13.9 Å². The number of hydrogen-bond acceptors (Lipinski definition) is 7. The van der Waals surface area contributed by atoms with Crippen LogP contribution in [-0.2, 0) is 7.05 Å². The Morgan fingerprint density at radius 3 is 2.46 bits per heavy atom. The molecule has 1 aliphatic heterocycles. The van der Waals surface area contributed by atoms with Crippen molar-refractivity contribution in [3.05, 3.63) is 88.1 Å². The first-order valence-electron chi connectivity index (χ1n) is 11.8. The number of amides is 1. The van der Waals surface area contributed by atoms with Gasteiger partial charge in [0.05, 0.1) is 27.4 Å². The molecule has 3 heterocycles. The van der Waals surface area contributed by atoms with Crippen molar-refractivity contribution in [1.82, 2.24) is 18.4 Å². The van der Waals surface area contributed by atoms with Crippen LogP contribution in [0.5, 0.6) is 0 Å². The van der Waals surface area contributed by atoms with Crippen molar-refractivity contribution >= 4 is 61.7 Å². The third-order valence-electron chi connectivity index (χ3n) is 6.95. The Labute approximate surface area is 234 Å². The number of anilines is 2. The van der Waals surface area contributed by atoms with Gasteiger partial charge in [0.2, 0.25) is 0 Å². The summed E-state index contributed by atoms with van der Waals surface area (Å²) in [7, 11) is -2.22. The minimum absolute atomic E-state index is 0.00356. The van der Waals surface area contributed by atoms with Crippen LogP contribution in [0.25, 0.3) is 16.6 Å². The van der Waals surface area contributed by atoms with Gasteiger partial charge in [0, 0.05) is 22.2 Å². The minimum atomic E-state index is -3.66. The summed E-state index contributed by atoms with van der Waals surface area (Å²) in [5, 5.41) is 2.88. The molecule has 1 aliphatic carbocycles. The number of fused-ring (bicyclic) bond motifs is 2. The normalized spacial score (nSPS) is 16.7. The summed E-state index contributed by atoms with van der Waals surface area (Å²) < 4.78 is 41.9. The highest BCUT2D eigenvalue weighted by Crippen LogP contribution is 2.51. The van der Waals surface area contributed by atoms with Crippen LogP contribution in [0, 0.1) is 16.3 Å². The molecule has 11 nitrogen and oxygen atoms in total. The summed E-state index contributed by atoms with van der Waals surface area (Å²) in [4.78, 5) is 53.2. The lowest BCUT2D eigenvalue weighted by molar-refractivity contribution is 0.0983. The fourth-order valence-electron chi connectivity index (χ4n) is 4.89. The second kappa shape index (κ2) is 8.77. The predicted octanol–water partition coefficient (Wildman–Crippen LogP) is 3.75. The number of halogens is 2.